The summed E-state index contributed by atoms with van der Waals surface area (Å²) in [5.41, 5.74) is 4.39. The van der Waals surface area contributed by atoms with Crippen molar-refractivity contribution in [3.63, 3.8) is 0 Å². The molecule has 0 atom stereocenters. The standard InChI is InChI=1S/C19H22N4O/c1-15-6-3-4-8-18(15)24-11-10-23(2)14-17-13-21-22-19(17)16-7-5-9-20-12-16/h3-9,12-13H,10-11,14H2,1-2H3,(H,21,22). The molecule has 3 aromatic rings. The van der Waals surface area contributed by atoms with Gasteiger partial charge >= 0.3 is 0 Å². The number of para-hydroxylation sites is 1. The minimum Gasteiger partial charge on any atom is -0.492 e. The number of aromatic amines is 1. The maximum absolute atomic E-state index is 5.87. The Hall–Kier alpha value is -2.66. The van der Waals surface area contributed by atoms with Gasteiger partial charge in [0.1, 0.15) is 12.4 Å². The van der Waals surface area contributed by atoms with Crippen molar-refractivity contribution >= 4 is 0 Å². The van der Waals surface area contributed by atoms with E-state index < -0.39 is 0 Å². The summed E-state index contributed by atoms with van der Waals surface area (Å²) in [4.78, 5) is 6.40. The first-order chi connectivity index (χ1) is 11.7. The molecular weight excluding hydrogens is 300 g/mol. The minimum absolute atomic E-state index is 0.654. The molecule has 0 aliphatic rings. The molecule has 2 heterocycles. The molecule has 0 bridgehead atoms. The highest BCUT2D eigenvalue weighted by Gasteiger charge is 2.10. The predicted molar refractivity (Wildman–Crippen MR) is 94.8 cm³/mol. The summed E-state index contributed by atoms with van der Waals surface area (Å²) in [6.45, 7) is 4.36. The zero-order valence-corrected chi connectivity index (χ0v) is 14.1. The average molecular weight is 322 g/mol. The molecule has 0 saturated carbocycles. The number of H-pyrrole nitrogens is 1. The number of ether oxygens (including phenoxy) is 1. The van der Waals surface area contributed by atoms with Crippen LogP contribution in [0.5, 0.6) is 5.75 Å². The van der Waals surface area contributed by atoms with Gasteiger partial charge in [-0.25, -0.2) is 0 Å². The molecule has 0 aliphatic carbocycles. The maximum atomic E-state index is 5.87. The van der Waals surface area contributed by atoms with E-state index in [2.05, 4.69) is 40.1 Å². The number of rotatable bonds is 7. The Morgan fingerprint density at radius 3 is 2.79 bits per heavy atom. The molecule has 0 unspecified atom stereocenters. The van der Waals surface area contributed by atoms with E-state index in [4.69, 9.17) is 4.74 Å². The van der Waals surface area contributed by atoms with E-state index in [0.29, 0.717) is 6.61 Å². The van der Waals surface area contributed by atoms with Crippen molar-refractivity contribution < 1.29 is 4.74 Å². The largest absolute Gasteiger partial charge is 0.492 e. The fourth-order valence-corrected chi connectivity index (χ4v) is 2.59. The Kier molecular flexibility index (Phi) is 5.23. The van der Waals surface area contributed by atoms with Crippen LogP contribution in [0.2, 0.25) is 0 Å². The minimum atomic E-state index is 0.654. The van der Waals surface area contributed by atoms with Gasteiger partial charge in [0.15, 0.2) is 0 Å². The number of pyridine rings is 1. The molecular formula is C19H22N4O. The van der Waals surface area contributed by atoms with Crippen LogP contribution >= 0.6 is 0 Å². The predicted octanol–water partition coefficient (Wildman–Crippen LogP) is 3.29. The number of aromatic nitrogens is 3. The molecule has 5 nitrogen and oxygen atoms in total. The fraction of sp³-hybridized carbons (Fsp3) is 0.263. The van der Waals surface area contributed by atoms with Crippen molar-refractivity contribution in [1.29, 1.82) is 0 Å². The molecule has 0 spiro atoms. The second-order valence-electron chi connectivity index (χ2n) is 5.86. The smallest absolute Gasteiger partial charge is 0.122 e. The van der Waals surface area contributed by atoms with E-state index >= 15 is 0 Å². The van der Waals surface area contributed by atoms with E-state index in [-0.39, 0.29) is 0 Å². The molecule has 0 radical (unpaired) electrons. The zero-order chi connectivity index (χ0) is 16.8. The summed E-state index contributed by atoms with van der Waals surface area (Å²) in [5.74, 6) is 0.949. The summed E-state index contributed by atoms with van der Waals surface area (Å²) in [7, 11) is 2.08. The van der Waals surface area contributed by atoms with Gasteiger partial charge in [0.2, 0.25) is 0 Å². The molecule has 0 fully saturated rings. The van der Waals surface area contributed by atoms with Crippen LogP contribution in [0, 0.1) is 6.92 Å². The van der Waals surface area contributed by atoms with E-state index in [0.717, 1.165) is 41.2 Å². The highest BCUT2D eigenvalue weighted by Crippen LogP contribution is 2.21. The molecule has 3 rings (SSSR count). The van der Waals surface area contributed by atoms with Crippen molar-refractivity contribution in [2.75, 3.05) is 20.2 Å². The molecule has 5 heteroatoms. The molecule has 2 aromatic heterocycles. The van der Waals surface area contributed by atoms with Gasteiger partial charge < -0.3 is 4.74 Å². The van der Waals surface area contributed by atoms with Crippen molar-refractivity contribution in [2.45, 2.75) is 13.5 Å². The van der Waals surface area contributed by atoms with Gasteiger partial charge in [-0.05, 0) is 37.7 Å². The lowest BCUT2D eigenvalue weighted by Crippen LogP contribution is -2.24. The van der Waals surface area contributed by atoms with Crippen LogP contribution in [-0.2, 0) is 6.54 Å². The van der Waals surface area contributed by atoms with Gasteiger partial charge in [-0.15, -0.1) is 0 Å². The number of hydrogen-bond acceptors (Lipinski definition) is 4. The molecule has 0 amide bonds. The Morgan fingerprint density at radius 2 is 2.00 bits per heavy atom. The van der Waals surface area contributed by atoms with Crippen molar-refractivity contribution in [1.82, 2.24) is 20.1 Å². The number of nitrogens with one attached hydrogen (secondary N) is 1. The summed E-state index contributed by atoms with van der Waals surface area (Å²) in [5, 5.41) is 7.25. The number of nitrogens with zero attached hydrogens (tertiary/aromatic N) is 3. The third kappa shape index (κ3) is 4.00. The van der Waals surface area contributed by atoms with E-state index in [1.54, 1.807) is 6.20 Å². The van der Waals surface area contributed by atoms with Gasteiger partial charge in [-0.2, -0.15) is 5.10 Å². The molecule has 0 saturated heterocycles. The quantitative estimate of drug-likeness (QED) is 0.725. The van der Waals surface area contributed by atoms with Crippen molar-refractivity contribution in [3.8, 4) is 17.0 Å². The topological polar surface area (TPSA) is 54.0 Å². The van der Waals surface area contributed by atoms with Gasteiger partial charge in [-0.3, -0.25) is 15.0 Å². The van der Waals surface area contributed by atoms with Crippen molar-refractivity contribution in [2.24, 2.45) is 0 Å². The van der Waals surface area contributed by atoms with E-state index in [9.17, 15) is 0 Å². The lowest BCUT2D eigenvalue weighted by atomic mass is 10.1. The van der Waals surface area contributed by atoms with E-state index in [1.165, 1.54) is 0 Å². The second-order valence-corrected chi connectivity index (χ2v) is 5.86. The summed E-state index contributed by atoms with van der Waals surface area (Å²) >= 11 is 0. The van der Waals surface area contributed by atoms with Crippen LogP contribution in [0.1, 0.15) is 11.1 Å². The summed E-state index contributed by atoms with van der Waals surface area (Å²) < 4.78 is 5.87. The number of hydrogen-bond donors (Lipinski definition) is 1. The Labute approximate surface area is 142 Å². The second kappa shape index (κ2) is 7.75. The monoisotopic (exact) mass is 322 g/mol. The summed E-state index contributed by atoms with van der Waals surface area (Å²) in [6, 6.07) is 12.0. The molecule has 24 heavy (non-hydrogen) atoms. The third-order valence-electron chi connectivity index (χ3n) is 3.93. The highest BCUT2D eigenvalue weighted by atomic mass is 16.5. The Morgan fingerprint density at radius 1 is 1.12 bits per heavy atom. The molecule has 0 aliphatic heterocycles. The van der Waals surface area contributed by atoms with Crippen LogP contribution in [0.3, 0.4) is 0 Å². The molecule has 124 valence electrons. The zero-order valence-electron chi connectivity index (χ0n) is 14.1. The molecule has 1 aromatic carbocycles. The number of aryl methyl sites for hydroxylation is 1. The lowest BCUT2D eigenvalue weighted by Gasteiger charge is -2.17. The number of benzene rings is 1. The van der Waals surface area contributed by atoms with Crippen LogP contribution in [0.25, 0.3) is 11.3 Å². The van der Waals surface area contributed by atoms with E-state index in [1.807, 2.05) is 42.7 Å². The molecule has 1 N–H and O–H groups in total. The van der Waals surface area contributed by atoms with Crippen LogP contribution in [-0.4, -0.2) is 40.3 Å². The van der Waals surface area contributed by atoms with Gasteiger partial charge in [0.05, 0.1) is 11.9 Å². The number of likely N-dealkylation sites (N-methyl/N-ethyl adjacent to an activating group) is 1. The first kappa shape index (κ1) is 16.2. The third-order valence-corrected chi connectivity index (χ3v) is 3.93. The highest BCUT2D eigenvalue weighted by molar-refractivity contribution is 5.61. The van der Waals surface area contributed by atoms with Crippen LogP contribution in [0.15, 0.2) is 55.0 Å². The Balaban J connectivity index is 1.55. The maximum Gasteiger partial charge on any atom is 0.122 e. The van der Waals surface area contributed by atoms with Crippen LogP contribution in [0.4, 0.5) is 0 Å². The van der Waals surface area contributed by atoms with Gasteiger partial charge in [-0.1, -0.05) is 18.2 Å². The average Bonchev–Trinajstić information content (AvgIpc) is 3.05. The SMILES string of the molecule is Cc1ccccc1OCCN(C)Cc1cn[nH]c1-c1cccnc1. The van der Waals surface area contributed by atoms with Gasteiger partial charge in [0, 0.05) is 36.6 Å². The van der Waals surface area contributed by atoms with Crippen LogP contribution < -0.4 is 4.74 Å². The normalized spacial score (nSPS) is 11.0. The summed E-state index contributed by atoms with van der Waals surface area (Å²) in [6.07, 6.45) is 5.49. The fourth-order valence-electron chi connectivity index (χ4n) is 2.59. The first-order valence-electron chi connectivity index (χ1n) is 8.03. The Bertz CT molecular complexity index is 770. The van der Waals surface area contributed by atoms with Gasteiger partial charge in [0.25, 0.3) is 0 Å². The lowest BCUT2D eigenvalue weighted by molar-refractivity contribution is 0.232. The first-order valence-corrected chi connectivity index (χ1v) is 8.03. The van der Waals surface area contributed by atoms with Crippen molar-refractivity contribution in [3.05, 3.63) is 66.1 Å².